The second-order valence-electron chi connectivity index (χ2n) is 4.69. The first-order chi connectivity index (χ1) is 7.16. The molecule has 2 heterocycles. The third kappa shape index (κ3) is 3.43. The molecule has 2 rings (SSSR count). The van der Waals surface area contributed by atoms with Crippen molar-refractivity contribution in [2.75, 3.05) is 44.2 Å². The molecule has 0 aromatic rings. The molecule has 0 atom stereocenters. The number of nitrogens with zero attached hydrogens (tertiary/aromatic N) is 1. The van der Waals surface area contributed by atoms with Gasteiger partial charge in [0.1, 0.15) is 0 Å². The lowest BCUT2D eigenvalue weighted by molar-refractivity contribution is 0.355. The van der Waals surface area contributed by atoms with Crippen LogP contribution in [-0.4, -0.2) is 57.5 Å². The van der Waals surface area contributed by atoms with Gasteiger partial charge in [-0.3, -0.25) is 0 Å². The summed E-state index contributed by atoms with van der Waals surface area (Å²) in [5, 5.41) is 3.11. The second kappa shape index (κ2) is 4.80. The summed E-state index contributed by atoms with van der Waals surface area (Å²) in [6.07, 6.45) is 2.46. The van der Waals surface area contributed by atoms with Crippen LogP contribution in [0.5, 0.6) is 0 Å². The van der Waals surface area contributed by atoms with E-state index in [1.165, 1.54) is 12.8 Å². The summed E-state index contributed by atoms with van der Waals surface area (Å²) in [4.78, 5) is 2.26. The Morgan fingerprint density at radius 2 is 1.87 bits per heavy atom. The Labute approximate surface area is 91.9 Å². The molecule has 0 aromatic heterocycles. The lowest BCUT2D eigenvalue weighted by Crippen LogP contribution is -2.46. The third-order valence-corrected chi connectivity index (χ3v) is 5.06. The number of rotatable bonds is 5. The molecule has 2 saturated heterocycles. The molecule has 0 bridgehead atoms. The van der Waals surface area contributed by atoms with E-state index < -0.39 is 9.84 Å². The fourth-order valence-electron chi connectivity index (χ4n) is 2.18. The highest BCUT2D eigenvalue weighted by Crippen LogP contribution is 2.10. The average Bonchev–Trinajstić information content (AvgIpc) is 2.61. The van der Waals surface area contributed by atoms with Crippen LogP contribution >= 0.6 is 0 Å². The van der Waals surface area contributed by atoms with E-state index in [4.69, 9.17) is 0 Å². The molecule has 0 unspecified atom stereocenters. The molecule has 0 amide bonds. The van der Waals surface area contributed by atoms with Gasteiger partial charge in [-0.05, 0) is 31.8 Å². The maximum atomic E-state index is 11.7. The first kappa shape index (κ1) is 11.4. The fraction of sp³-hybridized carbons (Fsp3) is 1.00. The molecule has 0 aromatic carbocycles. The predicted molar refractivity (Wildman–Crippen MR) is 60.7 cm³/mol. The van der Waals surface area contributed by atoms with Gasteiger partial charge in [-0.1, -0.05) is 0 Å². The summed E-state index contributed by atoms with van der Waals surface area (Å²) < 4.78 is 23.5. The Balaban J connectivity index is 1.71. The lowest BCUT2D eigenvalue weighted by Gasteiger charge is -2.27. The van der Waals surface area contributed by atoms with Gasteiger partial charge in [-0.15, -0.1) is 0 Å². The summed E-state index contributed by atoms with van der Waals surface area (Å²) in [5.41, 5.74) is 0. The van der Waals surface area contributed by atoms with E-state index in [2.05, 4.69) is 10.2 Å². The van der Waals surface area contributed by atoms with Crippen molar-refractivity contribution >= 4 is 9.84 Å². The van der Waals surface area contributed by atoms with Crippen molar-refractivity contribution in [1.82, 2.24) is 10.2 Å². The normalized spacial score (nSPS) is 24.3. The van der Waals surface area contributed by atoms with E-state index >= 15 is 0 Å². The van der Waals surface area contributed by atoms with Crippen molar-refractivity contribution in [1.29, 1.82) is 0 Å². The first-order valence-electron chi connectivity index (χ1n) is 5.79. The van der Waals surface area contributed by atoms with Crippen LogP contribution in [0.15, 0.2) is 0 Å². The number of likely N-dealkylation sites (tertiary alicyclic amines) is 1. The standard InChI is InChI=1S/C10H20N2O2S/c13-15(14,9-10-7-11-8-10)6-5-12-3-1-2-4-12/h10-11H,1-9H2. The van der Waals surface area contributed by atoms with E-state index in [9.17, 15) is 8.42 Å². The van der Waals surface area contributed by atoms with Crippen molar-refractivity contribution in [3.05, 3.63) is 0 Å². The zero-order valence-corrected chi connectivity index (χ0v) is 9.93. The maximum absolute atomic E-state index is 11.7. The van der Waals surface area contributed by atoms with Crippen LogP contribution in [0.25, 0.3) is 0 Å². The van der Waals surface area contributed by atoms with E-state index in [0.717, 1.165) is 32.7 Å². The minimum Gasteiger partial charge on any atom is -0.316 e. The Bertz CT molecular complexity index is 293. The minimum atomic E-state index is -2.81. The number of nitrogens with one attached hydrogen (secondary N) is 1. The second-order valence-corrected chi connectivity index (χ2v) is 6.92. The van der Waals surface area contributed by atoms with Crippen LogP contribution in [0.2, 0.25) is 0 Å². The molecular weight excluding hydrogens is 212 g/mol. The zero-order valence-electron chi connectivity index (χ0n) is 9.11. The summed E-state index contributed by atoms with van der Waals surface area (Å²) in [7, 11) is -2.81. The van der Waals surface area contributed by atoms with Gasteiger partial charge in [-0.25, -0.2) is 8.42 Å². The van der Waals surface area contributed by atoms with Crippen LogP contribution < -0.4 is 5.32 Å². The molecule has 5 heteroatoms. The Morgan fingerprint density at radius 1 is 1.20 bits per heavy atom. The van der Waals surface area contributed by atoms with Crippen LogP contribution in [0.3, 0.4) is 0 Å². The quantitative estimate of drug-likeness (QED) is 0.708. The molecular formula is C10H20N2O2S. The van der Waals surface area contributed by atoms with Gasteiger partial charge in [-0.2, -0.15) is 0 Å². The van der Waals surface area contributed by atoms with Crippen LogP contribution in [-0.2, 0) is 9.84 Å². The molecule has 4 nitrogen and oxygen atoms in total. The van der Waals surface area contributed by atoms with Crippen molar-refractivity contribution in [3.8, 4) is 0 Å². The predicted octanol–water partition coefficient (Wildman–Crippen LogP) is -0.284. The molecule has 2 aliphatic heterocycles. The van der Waals surface area contributed by atoms with Gasteiger partial charge in [0.25, 0.3) is 0 Å². The van der Waals surface area contributed by atoms with Crippen LogP contribution in [0.1, 0.15) is 12.8 Å². The molecule has 88 valence electrons. The monoisotopic (exact) mass is 232 g/mol. The summed E-state index contributed by atoms with van der Waals surface area (Å²) in [5.74, 6) is 1.10. The topological polar surface area (TPSA) is 49.4 Å². The lowest BCUT2D eigenvalue weighted by atomic mass is 10.1. The molecule has 15 heavy (non-hydrogen) atoms. The van der Waals surface area contributed by atoms with Crippen molar-refractivity contribution in [2.45, 2.75) is 12.8 Å². The van der Waals surface area contributed by atoms with Crippen molar-refractivity contribution in [2.24, 2.45) is 5.92 Å². The first-order valence-corrected chi connectivity index (χ1v) is 7.61. The Kier molecular flexibility index (Phi) is 3.64. The van der Waals surface area contributed by atoms with Crippen molar-refractivity contribution < 1.29 is 8.42 Å². The largest absolute Gasteiger partial charge is 0.316 e. The molecule has 0 saturated carbocycles. The Hall–Kier alpha value is -0.130. The maximum Gasteiger partial charge on any atom is 0.151 e. The molecule has 2 aliphatic rings. The molecule has 0 spiro atoms. The van der Waals surface area contributed by atoms with Crippen LogP contribution in [0, 0.1) is 5.92 Å². The van der Waals surface area contributed by atoms with Gasteiger partial charge in [0.2, 0.25) is 0 Å². The molecule has 2 fully saturated rings. The zero-order chi connectivity index (χ0) is 10.7. The summed E-state index contributed by atoms with van der Waals surface area (Å²) in [6, 6.07) is 0. The summed E-state index contributed by atoms with van der Waals surface area (Å²) >= 11 is 0. The third-order valence-electron chi connectivity index (χ3n) is 3.27. The van der Waals surface area contributed by atoms with E-state index in [1.54, 1.807) is 0 Å². The van der Waals surface area contributed by atoms with Gasteiger partial charge in [0.15, 0.2) is 9.84 Å². The minimum absolute atomic E-state index is 0.351. The number of sulfone groups is 1. The van der Waals surface area contributed by atoms with Crippen LogP contribution in [0.4, 0.5) is 0 Å². The van der Waals surface area contributed by atoms with Gasteiger partial charge >= 0.3 is 0 Å². The Morgan fingerprint density at radius 3 is 2.40 bits per heavy atom. The SMILES string of the molecule is O=S(=O)(CCN1CCCC1)CC1CNC1. The highest BCUT2D eigenvalue weighted by molar-refractivity contribution is 7.91. The number of hydrogen-bond donors (Lipinski definition) is 1. The van der Waals surface area contributed by atoms with E-state index in [-0.39, 0.29) is 0 Å². The average molecular weight is 232 g/mol. The molecule has 0 aliphatic carbocycles. The molecule has 1 N–H and O–H groups in total. The van der Waals surface area contributed by atoms with E-state index in [1.807, 2.05) is 0 Å². The van der Waals surface area contributed by atoms with Gasteiger partial charge in [0, 0.05) is 19.6 Å². The highest BCUT2D eigenvalue weighted by Gasteiger charge is 2.24. The van der Waals surface area contributed by atoms with Gasteiger partial charge < -0.3 is 10.2 Å². The van der Waals surface area contributed by atoms with E-state index in [0.29, 0.717) is 17.4 Å². The van der Waals surface area contributed by atoms with Gasteiger partial charge in [0.05, 0.1) is 11.5 Å². The summed E-state index contributed by atoms with van der Waals surface area (Å²) in [6.45, 7) is 4.66. The molecule has 0 radical (unpaired) electrons. The van der Waals surface area contributed by atoms with Crippen molar-refractivity contribution in [3.63, 3.8) is 0 Å². The smallest absolute Gasteiger partial charge is 0.151 e. The highest BCUT2D eigenvalue weighted by atomic mass is 32.2. The fourth-order valence-corrected chi connectivity index (χ4v) is 3.84. The number of hydrogen-bond acceptors (Lipinski definition) is 4.